The Bertz CT molecular complexity index is 896. The van der Waals surface area contributed by atoms with E-state index in [2.05, 4.69) is 5.32 Å². The van der Waals surface area contributed by atoms with Gasteiger partial charge in [-0.1, -0.05) is 29.3 Å². The number of benzene rings is 2. The molecule has 1 N–H and O–H groups in total. The molecule has 1 atom stereocenters. The van der Waals surface area contributed by atoms with Crippen LogP contribution in [0.5, 0.6) is 0 Å². The fourth-order valence-corrected chi connectivity index (χ4v) is 3.31. The molecule has 26 heavy (non-hydrogen) atoms. The van der Waals surface area contributed by atoms with Crippen LogP contribution in [0.3, 0.4) is 0 Å². The predicted octanol–water partition coefficient (Wildman–Crippen LogP) is 3.87. The van der Waals surface area contributed by atoms with Crippen LogP contribution in [0, 0.1) is 10.1 Å². The summed E-state index contributed by atoms with van der Waals surface area (Å²) < 4.78 is 0. The van der Waals surface area contributed by atoms with Crippen molar-refractivity contribution < 1.29 is 14.5 Å². The van der Waals surface area contributed by atoms with Gasteiger partial charge in [0.15, 0.2) is 0 Å². The van der Waals surface area contributed by atoms with Crippen LogP contribution in [0.1, 0.15) is 18.1 Å². The van der Waals surface area contributed by atoms with Crippen LogP contribution in [0.25, 0.3) is 0 Å². The Kier molecular flexibility index (Phi) is 4.60. The molecule has 3 rings (SSSR count). The zero-order valence-electron chi connectivity index (χ0n) is 13.5. The number of nitrogens with zero attached hydrogens (tertiary/aromatic N) is 2. The topological polar surface area (TPSA) is 92.6 Å². The van der Waals surface area contributed by atoms with E-state index in [1.165, 1.54) is 24.3 Å². The van der Waals surface area contributed by atoms with Gasteiger partial charge in [-0.25, -0.2) is 4.79 Å². The SMILES string of the molecule is CC1(c2ccc([N+](=O)[O-])cc2)NC(=O)N(Cc2c(Cl)cccc2Cl)C1=O. The minimum absolute atomic E-state index is 0.0776. The molecule has 1 saturated heterocycles. The van der Waals surface area contributed by atoms with Gasteiger partial charge in [0, 0.05) is 27.7 Å². The van der Waals surface area contributed by atoms with Gasteiger partial charge in [0.2, 0.25) is 0 Å². The number of hydrogen-bond acceptors (Lipinski definition) is 4. The first-order chi connectivity index (χ1) is 12.2. The Morgan fingerprint density at radius 3 is 2.23 bits per heavy atom. The number of halogens is 2. The summed E-state index contributed by atoms with van der Waals surface area (Å²) in [5, 5.41) is 14.1. The maximum atomic E-state index is 12.9. The first-order valence-corrected chi connectivity index (χ1v) is 8.31. The Labute approximate surface area is 158 Å². The lowest BCUT2D eigenvalue weighted by Gasteiger charge is -2.22. The van der Waals surface area contributed by atoms with E-state index in [9.17, 15) is 19.7 Å². The van der Waals surface area contributed by atoms with Gasteiger partial charge >= 0.3 is 6.03 Å². The summed E-state index contributed by atoms with van der Waals surface area (Å²) >= 11 is 12.2. The van der Waals surface area contributed by atoms with Gasteiger partial charge in [-0.05, 0) is 36.8 Å². The van der Waals surface area contributed by atoms with Crippen molar-refractivity contribution in [1.82, 2.24) is 10.2 Å². The number of amides is 3. The molecule has 0 saturated carbocycles. The highest BCUT2D eigenvalue weighted by molar-refractivity contribution is 6.36. The average molecular weight is 394 g/mol. The average Bonchev–Trinajstić information content (AvgIpc) is 2.82. The van der Waals surface area contributed by atoms with Gasteiger partial charge in [0.1, 0.15) is 5.54 Å². The van der Waals surface area contributed by atoms with Crippen molar-refractivity contribution >= 4 is 40.8 Å². The number of imide groups is 1. The minimum Gasteiger partial charge on any atom is -0.319 e. The number of urea groups is 1. The Balaban J connectivity index is 1.91. The van der Waals surface area contributed by atoms with Gasteiger partial charge in [0.25, 0.3) is 11.6 Å². The highest BCUT2D eigenvalue weighted by Gasteiger charge is 2.49. The van der Waals surface area contributed by atoms with Crippen molar-refractivity contribution in [2.75, 3.05) is 0 Å². The number of non-ortho nitro benzene ring substituents is 1. The number of hydrogen-bond donors (Lipinski definition) is 1. The molecule has 134 valence electrons. The summed E-state index contributed by atoms with van der Waals surface area (Å²) in [6, 6.07) is 9.78. The number of nitro groups is 1. The van der Waals surface area contributed by atoms with Crippen LogP contribution in [-0.4, -0.2) is 21.8 Å². The fraction of sp³-hybridized carbons (Fsp3) is 0.176. The standard InChI is InChI=1S/C17H13Cl2N3O4/c1-17(10-5-7-11(8-6-10)22(25)26)15(23)21(16(24)20-17)9-12-13(18)3-2-4-14(12)19/h2-8H,9H2,1H3,(H,20,24). The first-order valence-electron chi connectivity index (χ1n) is 7.56. The van der Waals surface area contributed by atoms with E-state index >= 15 is 0 Å². The van der Waals surface area contributed by atoms with E-state index in [4.69, 9.17) is 23.2 Å². The van der Waals surface area contributed by atoms with Crippen molar-refractivity contribution in [3.8, 4) is 0 Å². The number of carbonyl (C=O) groups excluding carboxylic acids is 2. The van der Waals surface area contributed by atoms with Crippen molar-refractivity contribution in [2.24, 2.45) is 0 Å². The van der Waals surface area contributed by atoms with E-state index in [-0.39, 0.29) is 12.2 Å². The molecule has 0 aliphatic carbocycles. The highest BCUT2D eigenvalue weighted by Crippen LogP contribution is 2.33. The first kappa shape index (κ1) is 18.2. The molecule has 3 amide bonds. The van der Waals surface area contributed by atoms with Gasteiger partial charge in [-0.3, -0.25) is 19.8 Å². The molecule has 2 aromatic rings. The summed E-state index contributed by atoms with van der Waals surface area (Å²) in [7, 11) is 0. The monoisotopic (exact) mass is 393 g/mol. The second-order valence-electron chi connectivity index (χ2n) is 5.95. The van der Waals surface area contributed by atoms with Crippen molar-refractivity contribution in [3.05, 3.63) is 73.8 Å². The zero-order chi connectivity index (χ0) is 19.1. The molecule has 1 heterocycles. The third kappa shape index (κ3) is 3.00. The largest absolute Gasteiger partial charge is 0.325 e. The predicted molar refractivity (Wildman–Crippen MR) is 96.0 cm³/mol. The summed E-state index contributed by atoms with van der Waals surface area (Å²) in [5.41, 5.74) is -0.532. The smallest absolute Gasteiger partial charge is 0.319 e. The lowest BCUT2D eigenvalue weighted by Crippen LogP contribution is -2.40. The molecule has 0 bridgehead atoms. The third-order valence-corrected chi connectivity index (χ3v) is 5.02. The normalized spacial score (nSPS) is 19.6. The van der Waals surface area contributed by atoms with Crippen LogP contribution >= 0.6 is 23.2 Å². The summed E-state index contributed by atoms with van der Waals surface area (Å²) in [6.45, 7) is 1.47. The quantitative estimate of drug-likeness (QED) is 0.484. The molecule has 1 unspecified atom stereocenters. The molecule has 1 fully saturated rings. The van der Waals surface area contributed by atoms with Crippen LogP contribution in [-0.2, 0) is 16.9 Å². The van der Waals surface area contributed by atoms with Gasteiger partial charge in [-0.15, -0.1) is 0 Å². The third-order valence-electron chi connectivity index (χ3n) is 4.31. The van der Waals surface area contributed by atoms with Crippen molar-refractivity contribution in [2.45, 2.75) is 19.0 Å². The highest BCUT2D eigenvalue weighted by atomic mass is 35.5. The van der Waals surface area contributed by atoms with E-state index < -0.39 is 22.4 Å². The Morgan fingerprint density at radius 1 is 1.12 bits per heavy atom. The van der Waals surface area contributed by atoms with E-state index in [0.717, 1.165) is 4.90 Å². The molecule has 9 heteroatoms. The lowest BCUT2D eigenvalue weighted by atomic mass is 9.92. The molecule has 0 aromatic heterocycles. The number of rotatable bonds is 4. The van der Waals surface area contributed by atoms with Crippen LogP contribution in [0.4, 0.5) is 10.5 Å². The summed E-state index contributed by atoms with van der Waals surface area (Å²) in [5.74, 6) is -0.493. The molecular weight excluding hydrogens is 381 g/mol. The number of nitro benzene ring substituents is 1. The van der Waals surface area contributed by atoms with Crippen molar-refractivity contribution in [3.63, 3.8) is 0 Å². The lowest BCUT2D eigenvalue weighted by molar-refractivity contribution is -0.384. The van der Waals surface area contributed by atoms with Gasteiger partial charge in [0.05, 0.1) is 11.5 Å². The molecule has 0 radical (unpaired) electrons. The number of nitrogens with one attached hydrogen (secondary N) is 1. The number of carbonyl (C=O) groups is 2. The zero-order valence-corrected chi connectivity index (χ0v) is 15.0. The van der Waals surface area contributed by atoms with E-state index in [1.54, 1.807) is 25.1 Å². The molecule has 0 spiro atoms. The maximum Gasteiger partial charge on any atom is 0.325 e. The van der Waals surface area contributed by atoms with E-state index in [0.29, 0.717) is 21.2 Å². The van der Waals surface area contributed by atoms with Crippen LogP contribution in [0.2, 0.25) is 10.0 Å². The van der Waals surface area contributed by atoms with Crippen LogP contribution < -0.4 is 5.32 Å². The van der Waals surface area contributed by atoms with Crippen molar-refractivity contribution in [1.29, 1.82) is 0 Å². The minimum atomic E-state index is -1.33. The Morgan fingerprint density at radius 2 is 1.69 bits per heavy atom. The maximum absolute atomic E-state index is 12.9. The second-order valence-corrected chi connectivity index (χ2v) is 6.77. The summed E-state index contributed by atoms with van der Waals surface area (Å²) in [4.78, 5) is 36.6. The molecule has 1 aliphatic rings. The second kappa shape index (κ2) is 6.59. The van der Waals surface area contributed by atoms with Gasteiger partial charge < -0.3 is 5.32 Å². The molecule has 2 aromatic carbocycles. The van der Waals surface area contributed by atoms with Crippen LogP contribution in [0.15, 0.2) is 42.5 Å². The Hall–Kier alpha value is -2.64. The molecule has 7 nitrogen and oxygen atoms in total. The molecular formula is C17H13Cl2N3O4. The molecule has 1 aliphatic heterocycles. The van der Waals surface area contributed by atoms with Gasteiger partial charge in [-0.2, -0.15) is 0 Å². The summed E-state index contributed by atoms with van der Waals surface area (Å²) in [6.07, 6.45) is 0. The van der Waals surface area contributed by atoms with E-state index in [1.807, 2.05) is 0 Å². The fourth-order valence-electron chi connectivity index (χ4n) is 2.79.